The summed E-state index contributed by atoms with van der Waals surface area (Å²) in [6, 6.07) is 6.73. The van der Waals surface area contributed by atoms with Crippen molar-refractivity contribution in [3.8, 4) is 0 Å². The van der Waals surface area contributed by atoms with Gasteiger partial charge in [0.15, 0.2) is 0 Å². The van der Waals surface area contributed by atoms with Crippen molar-refractivity contribution < 1.29 is 4.79 Å². The molecule has 1 N–H and O–H groups in total. The number of hydrogen-bond donors (Lipinski definition) is 1. The van der Waals surface area contributed by atoms with Crippen molar-refractivity contribution in [2.75, 3.05) is 32.1 Å². The molecule has 1 aromatic carbocycles. The van der Waals surface area contributed by atoms with Crippen molar-refractivity contribution in [3.63, 3.8) is 0 Å². The summed E-state index contributed by atoms with van der Waals surface area (Å²) in [4.78, 5) is 16.9. The van der Waals surface area contributed by atoms with Crippen molar-refractivity contribution >= 4 is 38.4 Å². The van der Waals surface area contributed by atoms with E-state index >= 15 is 0 Å². The Morgan fingerprint density at radius 3 is 2.85 bits per heavy atom. The maximum Gasteiger partial charge on any atom is 0.336 e. The van der Waals surface area contributed by atoms with E-state index in [1.54, 1.807) is 4.90 Å². The van der Waals surface area contributed by atoms with E-state index in [2.05, 4.69) is 57.6 Å². The topological polar surface area (TPSA) is 40.5 Å². The van der Waals surface area contributed by atoms with Crippen LogP contribution in [0.15, 0.2) is 28.9 Å². The van der Waals surface area contributed by atoms with Crippen LogP contribution in [-0.2, 0) is 6.42 Å². The van der Waals surface area contributed by atoms with Crippen LogP contribution in [0.2, 0.25) is 0 Å². The standard InChI is InChI=1S/C20H25BrN4O/c1-4-24(5-2)20(26)22-25-16-10-6-8-14-13-9-7-11-23(3)17(13)12-15(18(14)16)19(25)21/h6,8-10,17H,4-5,7,11-12H2,1-3H3,(H,22,26)/t17-/m1/s1. The summed E-state index contributed by atoms with van der Waals surface area (Å²) >= 11 is 3.77. The number of rotatable bonds is 3. The van der Waals surface area contributed by atoms with E-state index in [1.165, 1.54) is 22.1 Å². The highest BCUT2D eigenvalue weighted by atomic mass is 79.9. The molecule has 0 unspecified atom stereocenters. The predicted octanol–water partition coefficient (Wildman–Crippen LogP) is 4.05. The van der Waals surface area contributed by atoms with Crippen molar-refractivity contribution in [2.24, 2.45) is 0 Å². The molecule has 4 rings (SSSR count). The van der Waals surface area contributed by atoms with E-state index in [-0.39, 0.29) is 6.03 Å². The fourth-order valence-electron chi connectivity index (χ4n) is 4.30. The molecule has 0 radical (unpaired) electrons. The average molecular weight is 417 g/mol. The van der Waals surface area contributed by atoms with Gasteiger partial charge in [-0.15, -0.1) is 0 Å². The van der Waals surface area contributed by atoms with Crippen LogP contribution in [0.3, 0.4) is 0 Å². The van der Waals surface area contributed by atoms with E-state index in [1.807, 2.05) is 18.5 Å². The van der Waals surface area contributed by atoms with E-state index in [4.69, 9.17) is 0 Å². The molecule has 2 aliphatic rings. The Labute approximate surface area is 162 Å². The smallest absolute Gasteiger partial charge is 0.324 e. The van der Waals surface area contributed by atoms with Crippen molar-refractivity contribution in [2.45, 2.75) is 32.7 Å². The summed E-state index contributed by atoms with van der Waals surface area (Å²) < 4.78 is 2.87. The third kappa shape index (κ3) is 2.58. The Balaban J connectivity index is 1.84. The lowest BCUT2D eigenvalue weighted by atomic mass is 9.82. The van der Waals surface area contributed by atoms with Gasteiger partial charge < -0.3 is 4.90 Å². The van der Waals surface area contributed by atoms with Gasteiger partial charge in [0.2, 0.25) is 0 Å². The van der Waals surface area contributed by atoms with E-state index in [0.717, 1.165) is 29.5 Å². The normalized spacial score (nSPS) is 19.2. The number of hydrogen-bond acceptors (Lipinski definition) is 2. The highest BCUT2D eigenvalue weighted by Crippen LogP contribution is 2.43. The zero-order valence-corrected chi connectivity index (χ0v) is 17.1. The Hall–Kier alpha value is -1.79. The molecule has 0 bridgehead atoms. The minimum absolute atomic E-state index is 0.0717. The molecule has 2 heterocycles. The molecule has 5 nitrogen and oxygen atoms in total. The lowest BCUT2D eigenvalue weighted by molar-refractivity contribution is 0.214. The maximum absolute atomic E-state index is 12.6. The summed E-state index contributed by atoms with van der Waals surface area (Å²) in [5.74, 6) is 0. The Bertz CT molecular complexity index is 897. The number of amides is 2. The third-order valence-electron chi connectivity index (χ3n) is 5.73. The molecule has 138 valence electrons. The molecule has 0 saturated carbocycles. The first-order valence-electron chi connectivity index (χ1n) is 9.35. The number of halogens is 1. The van der Waals surface area contributed by atoms with E-state index in [9.17, 15) is 4.79 Å². The second kappa shape index (κ2) is 6.74. The second-order valence-corrected chi connectivity index (χ2v) is 7.79. The summed E-state index contributed by atoms with van der Waals surface area (Å²) in [7, 11) is 2.20. The fraction of sp³-hybridized carbons (Fsp3) is 0.450. The molecular weight excluding hydrogens is 392 g/mol. The second-order valence-electron chi connectivity index (χ2n) is 7.04. The summed E-state index contributed by atoms with van der Waals surface area (Å²) in [5.41, 5.74) is 8.15. The minimum atomic E-state index is -0.0717. The highest BCUT2D eigenvalue weighted by molar-refractivity contribution is 9.10. The van der Waals surface area contributed by atoms with Crippen molar-refractivity contribution in [1.82, 2.24) is 14.5 Å². The van der Waals surface area contributed by atoms with Crippen LogP contribution in [0.25, 0.3) is 16.5 Å². The predicted molar refractivity (Wildman–Crippen MR) is 110 cm³/mol. The van der Waals surface area contributed by atoms with Gasteiger partial charge in [-0.05, 0) is 72.4 Å². The zero-order valence-electron chi connectivity index (χ0n) is 15.6. The summed E-state index contributed by atoms with van der Waals surface area (Å²) in [5, 5.41) is 1.26. The Morgan fingerprint density at radius 1 is 1.35 bits per heavy atom. The van der Waals surface area contributed by atoms with E-state index < -0.39 is 0 Å². The van der Waals surface area contributed by atoms with Crippen LogP contribution < -0.4 is 5.43 Å². The molecule has 1 aliphatic heterocycles. The molecular formula is C20H25BrN4O. The molecule has 0 spiro atoms. The van der Waals surface area contributed by atoms with Crippen LogP contribution >= 0.6 is 15.9 Å². The van der Waals surface area contributed by atoms with Gasteiger partial charge in [0.05, 0.1) is 5.52 Å². The van der Waals surface area contributed by atoms with Gasteiger partial charge in [0.25, 0.3) is 0 Å². The van der Waals surface area contributed by atoms with Crippen LogP contribution in [0.1, 0.15) is 31.4 Å². The van der Waals surface area contributed by atoms with Crippen molar-refractivity contribution in [1.29, 1.82) is 0 Å². The van der Waals surface area contributed by atoms with Gasteiger partial charge in [0.1, 0.15) is 4.60 Å². The number of urea groups is 1. The van der Waals surface area contributed by atoms with E-state index in [0.29, 0.717) is 19.1 Å². The molecule has 2 amide bonds. The first kappa shape index (κ1) is 17.6. The maximum atomic E-state index is 12.6. The number of carbonyl (C=O) groups excluding carboxylic acids is 1. The van der Waals surface area contributed by atoms with Crippen LogP contribution in [-0.4, -0.2) is 53.2 Å². The van der Waals surface area contributed by atoms with Gasteiger partial charge in [-0.1, -0.05) is 18.2 Å². The average Bonchev–Trinajstić information content (AvgIpc) is 2.91. The van der Waals surface area contributed by atoms with Gasteiger partial charge in [0, 0.05) is 31.1 Å². The Morgan fingerprint density at radius 2 is 2.12 bits per heavy atom. The molecule has 1 atom stereocenters. The van der Waals surface area contributed by atoms with Crippen molar-refractivity contribution in [3.05, 3.63) is 40.0 Å². The number of nitrogens with one attached hydrogen (secondary N) is 1. The lowest BCUT2D eigenvalue weighted by Crippen LogP contribution is -2.39. The number of fused-ring (bicyclic) bond motifs is 2. The first-order chi connectivity index (χ1) is 12.6. The molecule has 1 aromatic heterocycles. The van der Waals surface area contributed by atoms with Crippen LogP contribution in [0.4, 0.5) is 4.79 Å². The number of aromatic nitrogens is 1. The lowest BCUT2D eigenvalue weighted by Gasteiger charge is -2.36. The van der Waals surface area contributed by atoms with Gasteiger partial charge in [-0.25, -0.2) is 14.9 Å². The van der Waals surface area contributed by atoms with Gasteiger partial charge in [-0.2, -0.15) is 0 Å². The number of carbonyl (C=O) groups is 1. The number of nitrogens with zero attached hydrogens (tertiary/aromatic N) is 3. The molecule has 2 aromatic rings. The molecule has 0 fully saturated rings. The largest absolute Gasteiger partial charge is 0.336 e. The monoisotopic (exact) mass is 416 g/mol. The third-order valence-corrected chi connectivity index (χ3v) is 6.57. The zero-order chi connectivity index (χ0) is 18.4. The minimum Gasteiger partial charge on any atom is -0.324 e. The van der Waals surface area contributed by atoms with Gasteiger partial charge in [-0.3, -0.25) is 4.90 Å². The first-order valence-corrected chi connectivity index (χ1v) is 10.1. The summed E-state index contributed by atoms with van der Waals surface area (Å²) in [6.07, 6.45) is 4.45. The molecule has 26 heavy (non-hydrogen) atoms. The SMILES string of the molecule is CCN(CC)C(=O)Nn1c(Br)c2c3c(cccc31)C1=CCCN(C)[C@@H]1C2. The fourth-order valence-corrected chi connectivity index (χ4v) is 4.94. The number of likely N-dealkylation sites (N-methyl/N-ethyl adjacent to an activating group) is 1. The van der Waals surface area contributed by atoms with Gasteiger partial charge >= 0.3 is 6.03 Å². The molecule has 0 saturated heterocycles. The summed E-state index contributed by atoms with van der Waals surface area (Å²) in [6.45, 7) is 6.47. The molecule has 1 aliphatic carbocycles. The number of benzene rings is 1. The van der Waals surface area contributed by atoms with Crippen LogP contribution in [0.5, 0.6) is 0 Å². The van der Waals surface area contributed by atoms with Crippen LogP contribution in [0, 0.1) is 0 Å². The quantitative estimate of drug-likeness (QED) is 0.819. The highest BCUT2D eigenvalue weighted by Gasteiger charge is 2.33. The Kier molecular flexibility index (Phi) is 4.57. The molecule has 6 heteroatoms.